The number of hydrogen-bond acceptors (Lipinski definition) is 6. The van der Waals surface area contributed by atoms with E-state index in [2.05, 4.69) is 21.2 Å². The fraction of sp³-hybridized carbons (Fsp3) is 0.160. The summed E-state index contributed by atoms with van der Waals surface area (Å²) in [5, 5.41) is 2.17. The summed E-state index contributed by atoms with van der Waals surface area (Å²) in [5.74, 6) is 0.745. The SMILES string of the molecule is CCOc1ccc(NC(=O)CN2C(=O)S/C(=C\c3ccc(-c4ccc(C)cc4Br)o3)C2=O)cc1. The van der Waals surface area contributed by atoms with Gasteiger partial charge in [-0.25, -0.2) is 0 Å². The van der Waals surface area contributed by atoms with E-state index in [4.69, 9.17) is 9.15 Å². The second-order valence-corrected chi connectivity index (χ2v) is 9.31. The summed E-state index contributed by atoms with van der Waals surface area (Å²) in [5.41, 5.74) is 2.54. The topological polar surface area (TPSA) is 88.8 Å². The second-order valence-electron chi connectivity index (χ2n) is 7.46. The maximum atomic E-state index is 12.8. The van der Waals surface area contributed by atoms with Gasteiger partial charge >= 0.3 is 0 Å². The maximum Gasteiger partial charge on any atom is 0.294 e. The van der Waals surface area contributed by atoms with Crippen LogP contribution in [0.1, 0.15) is 18.2 Å². The number of carbonyl (C=O) groups is 3. The molecule has 1 aromatic heterocycles. The fourth-order valence-electron chi connectivity index (χ4n) is 3.31. The molecule has 4 rings (SSSR count). The number of anilines is 1. The zero-order valence-electron chi connectivity index (χ0n) is 18.5. The first kappa shape index (κ1) is 23.8. The normalized spacial score (nSPS) is 14.7. The summed E-state index contributed by atoms with van der Waals surface area (Å²) in [6, 6.07) is 16.3. The highest BCUT2D eigenvalue weighted by Crippen LogP contribution is 2.35. The van der Waals surface area contributed by atoms with Crippen molar-refractivity contribution in [2.24, 2.45) is 0 Å². The predicted molar refractivity (Wildman–Crippen MR) is 135 cm³/mol. The molecule has 1 saturated heterocycles. The molecule has 34 heavy (non-hydrogen) atoms. The number of benzene rings is 2. The minimum Gasteiger partial charge on any atom is -0.494 e. The molecule has 1 aliphatic rings. The number of rotatable bonds is 7. The third-order valence-electron chi connectivity index (χ3n) is 4.91. The van der Waals surface area contributed by atoms with Crippen LogP contribution >= 0.6 is 27.7 Å². The van der Waals surface area contributed by atoms with Gasteiger partial charge in [0.05, 0.1) is 11.5 Å². The van der Waals surface area contributed by atoms with Gasteiger partial charge < -0.3 is 14.5 Å². The molecular formula is C25H21BrN2O5S. The standard InChI is InChI=1S/C25H21BrN2O5S/c1-3-32-17-7-5-16(6-8-17)27-23(29)14-28-24(30)22(34-25(28)31)13-18-9-11-21(33-18)19-10-4-15(2)12-20(19)26/h4-13H,3,14H2,1-2H3,(H,27,29)/b22-13-. The quantitative estimate of drug-likeness (QED) is 0.364. The number of hydrogen-bond donors (Lipinski definition) is 1. The smallest absolute Gasteiger partial charge is 0.294 e. The molecule has 1 fully saturated rings. The highest BCUT2D eigenvalue weighted by Gasteiger charge is 2.36. The number of ether oxygens (including phenoxy) is 1. The van der Waals surface area contributed by atoms with Crippen molar-refractivity contribution >= 4 is 56.5 Å². The Morgan fingerprint density at radius 3 is 2.62 bits per heavy atom. The number of furan rings is 1. The van der Waals surface area contributed by atoms with Gasteiger partial charge in [0.2, 0.25) is 5.91 Å². The van der Waals surface area contributed by atoms with Crippen LogP contribution in [-0.4, -0.2) is 35.1 Å². The van der Waals surface area contributed by atoms with E-state index in [-0.39, 0.29) is 11.4 Å². The lowest BCUT2D eigenvalue weighted by Crippen LogP contribution is -2.36. The molecule has 0 aliphatic carbocycles. The largest absolute Gasteiger partial charge is 0.494 e. The molecule has 7 nitrogen and oxygen atoms in total. The van der Waals surface area contributed by atoms with E-state index >= 15 is 0 Å². The van der Waals surface area contributed by atoms with Crippen LogP contribution in [0.3, 0.4) is 0 Å². The number of carbonyl (C=O) groups excluding carboxylic acids is 3. The summed E-state index contributed by atoms with van der Waals surface area (Å²) in [7, 11) is 0. The Hall–Kier alpha value is -3.30. The molecular weight excluding hydrogens is 520 g/mol. The Morgan fingerprint density at radius 2 is 1.91 bits per heavy atom. The zero-order chi connectivity index (χ0) is 24.2. The molecule has 0 spiro atoms. The average Bonchev–Trinajstić information content (AvgIpc) is 3.35. The van der Waals surface area contributed by atoms with Crippen LogP contribution in [0.4, 0.5) is 10.5 Å². The van der Waals surface area contributed by atoms with Crippen LogP contribution in [0.5, 0.6) is 5.75 Å². The van der Waals surface area contributed by atoms with E-state index in [9.17, 15) is 14.4 Å². The molecule has 2 heterocycles. The number of aryl methyl sites for hydroxylation is 1. The minimum absolute atomic E-state index is 0.197. The van der Waals surface area contributed by atoms with Crippen molar-refractivity contribution in [3.8, 4) is 17.1 Å². The summed E-state index contributed by atoms with van der Waals surface area (Å²) < 4.78 is 12.1. The number of nitrogens with zero attached hydrogens (tertiary/aromatic N) is 1. The third-order valence-corrected chi connectivity index (χ3v) is 6.48. The number of nitrogens with one attached hydrogen (secondary N) is 1. The molecule has 0 saturated carbocycles. The molecule has 1 N–H and O–H groups in total. The van der Waals surface area contributed by atoms with Crippen molar-refractivity contribution in [1.29, 1.82) is 0 Å². The van der Waals surface area contributed by atoms with Crippen LogP contribution in [0.2, 0.25) is 0 Å². The van der Waals surface area contributed by atoms with Crippen LogP contribution in [0.25, 0.3) is 17.4 Å². The average molecular weight is 541 g/mol. The lowest BCUT2D eigenvalue weighted by Gasteiger charge is -2.12. The van der Waals surface area contributed by atoms with E-state index in [0.717, 1.165) is 32.3 Å². The Morgan fingerprint density at radius 1 is 1.15 bits per heavy atom. The summed E-state index contributed by atoms with van der Waals surface area (Å²) >= 11 is 4.31. The van der Waals surface area contributed by atoms with Crippen molar-refractivity contribution in [3.63, 3.8) is 0 Å². The van der Waals surface area contributed by atoms with Crippen LogP contribution in [-0.2, 0) is 9.59 Å². The Kier molecular flexibility index (Phi) is 7.23. The Labute approximate surface area is 209 Å². The van der Waals surface area contributed by atoms with Crippen molar-refractivity contribution in [3.05, 3.63) is 75.3 Å². The molecule has 1 aliphatic heterocycles. The van der Waals surface area contributed by atoms with Crippen LogP contribution in [0, 0.1) is 6.92 Å². The predicted octanol–water partition coefficient (Wildman–Crippen LogP) is 6.09. The molecule has 3 amide bonds. The fourth-order valence-corrected chi connectivity index (χ4v) is 4.81. The third kappa shape index (κ3) is 5.43. The highest BCUT2D eigenvalue weighted by molar-refractivity contribution is 9.10. The summed E-state index contributed by atoms with van der Waals surface area (Å²) in [4.78, 5) is 38.7. The Bertz CT molecular complexity index is 1280. The molecule has 9 heteroatoms. The minimum atomic E-state index is -0.536. The molecule has 0 bridgehead atoms. The first-order chi connectivity index (χ1) is 16.3. The summed E-state index contributed by atoms with van der Waals surface area (Å²) in [6.07, 6.45) is 1.51. The van der Waals surface area contributed by atoms with Gasteiger partial charge in [0.25, 0.3) is 11.1 Å². The van der Waals surface area contributed by atoms with Crippen molar-refractivity contribution in [2.45, 2.75) is 13.8 Å². The number of imide groups is 1. The van der Waals surface area contributed by atoms with Crippen molar-refractivity contribution in [2.75, 3.05) is 18.5 Å². The molecule has 174 valence electrons. The van der Waals surface area contributed by atoms with Crippen LogP contribution in [0.15, 0.2) is 68.4 Å². The van der Waals surface area contributed by atoms with Gasteiger partial charge in [-0.05, 0) is 79.7 Å². The van der Waals surface area contributed by atoms with Gasteiger partial charge in [0.1, 0.15) is 23.8 Å². The van der Waals surface area contributed by atoms with Crippen molar-refractivity contribution < 1.29 is 23.5 Å². The van der Waals surface area contributed by atoms with Gasteiger partial charge in [-0.15, -0.1) is 0 Å². The highest BCUT2D eigenvalue weighted by atomic mass is 79.9. The summed E-state index contributed by atoms with van der Waals surface area (Å²) in [6.45, 7) is 4.04. The maximum absolute atomic E-state index is 12.8. The number of amides is 3. The molecule has 0 unspecified atom stereocenters. The van der Waals surface area contributed by atoms with Gasteiger partial charge in [-0.1, -0.05) is 22.0 Å². The van der Waals surface area contributed by atoms with E-state index in [0.29, 0.717) is 29.6 Å². The van der Waals surface area contributed by atoms with Crippen molar-refractivity contribution in [1.82, 2.24) is 4.90 Å². The van der Waals surface area contributed by atoms with Gasteiger partial charge in [-0.3, -0.25) is 19.3 Å². The molecule has 2 aromatic carbocycles. The van der Waals surface area contributed by atoms with Gasteiger partial charge in [0, 0.05) is 21.8 Å². The van der Waals surface area contributed by atoms with E-state index < -0.39 is 17.1 Å². The van der Waals surface area contributed by atoms with E-state index in [1.54, 1.807) is 36.4 Å². The lowest BCUT2D eigenvalue weighted by atomic mass is 10.1. The Balaban J connectivity index is 1.42. The lowest BCUT2D eigenvalue weighted by molar-refractivity contribution is -0.127. The molecule has 0 radical (unpaired) electrons. The zero-order valence-corrected chi connectivity index (χ0v) is 20.9. The van der Waals surface area contributed by atoms with E-state index in [1.165, 1.54) is 6.08 Å². The second kappa shape index (κ2) is 10.3. The van der Waals surface area contributed by atoms with Gasteiger partial charge in [0.15, 0.2) is 0 Å². The number of halogens is 1. The molecule has 0 atom stereocenters. The first-order valence-corrected chi connectivity index (χ1v) is 12.1. The van der Waals surface area contributed by atoms with Gasteiger partial charge in [-0.2, -0.15) is 0 Å². The first-order valence-electron chi connectivity index (χ1n) is 10.5. The van der Waals surface area contributed by atoms with E-state index in [1.807, 2.05) is 32.0 Å². The number of thioether (sulfide) groups is 1. The molecule has 3 aromatic rings. The monoisotopic (exact) mass is 540 g/mol. The van der Waals surface area contributed by atoms with Crippen LogP contribution < -0.4 is 10.1 Å².